The predicted molar refractivity (Wildman–Crippen MR) is 140 cm³/mol. The van der Waals surface area contributed by atoms with E-state index in [9.17, 15) is 23.2 Å². The first-order valence-electron chi connectivity index (χ1n) is 11.6. The van der Waals surface area contributed by atoms with Crippen LogP contribution in [0.3, 0.4) is 0 Å². The largest absolute Gasteiger partial charge is 0.493 e. The van der Waals surface area contributed by atoms with Gasteiger partial charge in [-0.3, -0.25) is 4.79 Å². The summed E-state index contributed by atoms with van der Waals surface area (Å²) < 4.78 is 50.4. The highest BCUT2D eigenvalue weighted by Crippen LogP contribution is 2.32. The van der Waals surface area contributed by atoms with E-state index in [2.05, 4.69) is 11.4 Å². The number of methoxy groups -OCH3 is 1. The van der Waals surface area contributed by atoms with Gasteiger partial charge >= 0.3 is 6.18 Å². The van der Waals surface area contributed by atoms with Crippen LogP contribution in [-0.4, -0.2) is 13.0 Å². The quantitative estimate of drug-likeness (QED) is 0.207. The maximum atomic E-state index is 13.0. The summed E-state index contributed by atoms with van der Waals surface area (Å²) in [5.41, 5.74) is 1.35. The van der Waals surface area contributed by atoms with Gasteiger partial charge in [-0.15, -0.1) is 0 Å². The fourth-order valence-electron chi connectivity index (χ4n) is 3.97. The predicted octanol–water partition coefficient (Wildman–Crippen LogP) is 7.30. The highest BCUT2D eigenvalue weighted by molar-refractivity contribution is 6.09. The van der Waals surface area contributed by atoms with Crippen LogP contribution in [0.4, 0.5) is 18.9 Å². The second kappa shape index (κ2) is 11.1. The fraction of sp³-hybridized carbons (Fsp3) is 0.133. The summed E-state index contributed by atoms with van der Waals surface area (Å²) in [6.07, 6.45) is -3.23. The highest BCUT2D eigenvalue weighted by Gasteiger charge is 2.30. The molecule has 4 aromatic rings. The Morgan fingerprint density at radius 2 is 1.79 bits per heavy atom. The van der Waals surface area contributed by atoms with Crippen molar-refractivity contribution in [2.75, 3.05) is 12.4 Å². The van der Waals surface area contributed by atoms with Gasteiger partial charge in [0.05, 0.1) is 12.7 Å². The van der Waals surface area contributed by atoms with E-state index < -0.39 is 17.6 Å². The van der Waals surface area contributed by atoms with Gasteiger partial charge in [0.1, 0.15) is 18.2 Å². The number of amides is 1. The topological polar surface area (TPSA) is 71.3 Å². The number of hydrogen-bond donors (Lipinski definition) is 1. The zero-order valence-electron chi connectivity index (χ0n) is 20.6. The molecule has 8 heteroatoms. The molecule has 0 unspecified atom stereocenters. The number of hydrogen-bond acceptors (Lipinski definition) is 4. The second-order valence-electron chi connectivity index (χ2n) is 8.48. The number of carbonyl (C=O) groups excluding carboxylic acids is 1. The lowest BCUT2D eigenvalue weighted by Crippen LogP contribution is -2.14. The number of nitriles is 1. The Hall–Kier alpha value is -4.77. The number of ether oxygens (including phenoxy) is 2. The molecule has 0 bridgehead atoms. The van der Waals surface area contributed by atoms with Crippen molar-refractivity contribution in [3.8, 4) is 17.6 Å². The number of halogens is 3. The summed E-state index contributed by atoms with van der Waals surface area (Å²) >= 11 is 0. The monoisotopic (exact) mass is 516 g/mol. The van der Waals surface area contributed by atoms with E-state index in [1.54, 1.807) is 24.3 Å². The first kappa shape index (κ1) is 26.3. The second-order valence-corrected chi connectivity index (χ2v) is 8.48. The van der Waals surface area contributed by atoms with Gasteiger partial charge in [-0.1, -0.05) is 48.5 Å². The van der Waals surface area contributed by atoms with Crippen LogP contribution in [0.5, 0.6) is 11.5 Å². The van der Waals surface area contributed by atoms with E-state index in [1.165, 1.54) is 25.3 Å². The number of benzene rings is 4. The molecule has 0 radical (unpaired) electrons. The lowest BCUT2D eigenvalue weighted by atomic mass is 10.0. The maximum absolute atomic E-state index is 13.0. The van der Waals surface area contributed by atoms with Gasteiger partial charge in [0.2, 0.25) is 0 Å². The number of nitrogens with one attached hydrogen (secondary N) is 1. The van der Waals surface area contributed by atoms with Gasteiger partial charge in [0.25, 0.3) is 5.91 Å². The van der Waals surface area contributed by atoms with Crippen molar-refractivity contribution in [2.45, 2.75) is 19.7 Å². The maximum Gasteiger partial charge on any atom is 0.416 e. The van der Waals surface area contributed by atoms with Gasteiger partial charge in [-0.05, 0) is 65.2 Å². The van der Waals surface area contributed by atoms with Crippen molar-refractivity contribution >= 4 is 28.4 Å². The number of aryl methyl sites for hydroxylation is 1. The molecule has 0 saturated heterocycles. The minimum absolute atomic E-state index is 0.0731. The summed E-state index contributed by atoms with van der Waals surface area (Å²) in [7, 11) is 1.48. The van der Waals surface area contributed by atoms with Gasteiger partial charge in [-0.2, -0.15) is 18.4 Å². The molecular weight excluding hydrogens is 493 g/mol. The smallest absolute Gasteiger partial charge is 0.416 e. The van der Waals surface area contributed by atoms with Crippen LogP contribution in [0.2, 0.25) is 0 Å². The lowest BCUT2D eigenvalue weighted by Gasteiger charge is -2.14. The van der Waals surface area contributed by atoms with Crippen molar-refractivity contribution in [3.05, 3.63) is 107 Å². The first-order valence-corrected chi connectivity index (χ1v) is 11.6. The van der Waals surface area contributed by atoms with Crippen LogP contribution in [-0.2, 0) is 17.6 Å². The molecule has 4 rings (SSSR count). The van der Waals surface area contributed by atoms with Crippen LogP contribution in [0.25, 0.3) is 16.8 Å². The zero-order valence-corrected chi connectivity index (χ0v) is 20.6. The fourth-order valence-corrected chi connectivity index (χ4v) is 3.97. The third kappa shape index (κ3) is 5.95. The van der Waals surface area contributed by atoms with Crippen LogP contribution >= 0.6 is 0 Å². The summed E-state index contributed by atoms with van der Waals surface area (Å²) in [6.45, 7) is 2.33. The molecular formula is C30H23F3N2O3. The van der Waals surface area contributed by atoms with Crippen molar-refractivity contribution in [2.24, 2.45) is 0 Å². The van der Waals surface area contributed by atoms with E-state index in [0.29, 0.717) is 23.7 Å². The van der Waals surface area contributed by atoms with E-state index in [0.717, 1.165) is 34.0 Å². The molecule has 0 spiro atoms. The minimum Gasteiger partial charge on any atom is -0.493 e. The Kier molecular flexibility index (Phi) is 7.68. The molecule has 0 aliphatic heterocycles. The van der Waals surface area contributed by atoms with E-state index in [-0.39, 0.29) is 11.3 Å². The van der Waals surface area contributed by atoms with E-state index >= 15 is 0 Å². The standard InChI is InChI=1S/C30H23F3N2O3/c1-19-10-12-21-6-3-4-9-25(21)26(19)18-38-27-13-11-20(15-28(27)37-2)14-22(17-34)29(36)35-24-8-5-7-23(16-24)30(31,32)33/h3-16H,18H2,1-2H3,(H,35,36)/b22-14+. The van der Waals surface area contributed by atoms with Crippen molar-refractivity contribution in [1.29, 1.82) is 5.26 Å². The highest BCUT2D eigenvalue weighted by atomic mass is 19.4. The molecule has 1 amide bonds. The Bertz CT molecular complexity index is 1570. The molecule has 0 aliphatic rings. The molecule has 0 heterocycles. The Labute approximate surface area is 217 Å². The average Bonchev–Trinajstić information content (AvgIpc) is 2.91. The lowest BCUT2D eigenvalue weighted by molar-refractivity contribution is -0.137. The molecule has 4 aromatic carbocycles. The average molecular weight is 517 g/mol. The van der Waals surface area contributed by atoms with Crippen LogP contribution < -0.4 is 14.8 Å². The van der Waals surface area contributed by atoms with Gasteiger partial charge in [0.15, 0.2) is 11.5 Å². The van der Waals surface area contributed by atoms with Crippen LogP contribution in [0, 0.1) is 18.3 Å². The molecule has 192 valence electrons. The number of fused-ring (bicyclic) bond motifs is 1. The molecule has 0 saturated carbocycles. The van der Waals surface area contributed by atoms with E-state index in [4.69, 9.17) is 9.47 Å². The summed E-state index contributed by atoms with van der Waals surface area (Å²) in [6, 6.07) is 23.1. The number of nitrogens with zero attached hydrogens (tertiary/aromatic N) is 1. The Morgan fingerprint density at radius 1 is 1.00 bits per heavy atom. The Morgan fingerprint density at radius 3 is 2.53 bits per heavy atom. The van der Waals surface area contributed by atoms with Crippen molar-refractivity contribution < 1.29 is 27.4 Å². The molecule has 0 aromatic heterocycles. The van der Waals surface area contributed by atoms with Gasteiger partial charge < -0.3 is 14.8 Å². The van der Waals surface area contributed by atoms with Crippen molar-refractivity contribution in [1.82, 2.24) is 0 Å². The first-order chi connectivity index (χ1) is 18.2. The summed E-state index contributed by atoms with van der Waals surface area (Å²) in [4.78, 5) is 12.6. The summed E-state index contributed by atoms with van der Waals surface area (Å²) in [5, 5.41) is 14.0. The van der Waals surface area contributed by atoms with Crippen LogP contribution in [0.15, 0.2) is 84.4 Å². The third-order valence-electron chi connectivity index (χ3n) is 5.96. The minimum atomic E-state index is -4.55. The molecule has 0 fully saturated rings. The molecule has 0 atom stereocenters. The molecule has 38 heavy (non-hydrogen) atoms. The van der Waals surface area contributed by atoms with Crippen molar-refractivity contribution in [3.63, 3.8) is 0 Å². The van der Waals surface area contributed by atoms with Gasteiger partial charge in [0, 0.05) is 11.3 Å². The number of rotatable bonds is 7. The Balaban J connectivity index is 1.53. The molecule has 1 N–H and O–H groups in total. The zero-order chi connectivity index (χ0) is 27.3. The number of carbonyl (C=O) groups is 1. The SMILES string of the molecule is COc1cc(/C=C(\C#N)C(=O)Nc2cccc(C(F)(F)F)c2)ccc1OCc1c(C)ccc2ccccc12. The number of alkyl halides is 3. The van der Waals surface area contributed by atoms with Gasteiger partial charge in [-0.25, -0.2) is 0 Å². The normalized spacial score (nSPS) is 11.6. The van der Waals surface area contributed by atoms with Crippen LogP contribution in [0.1, 0.15) is 22.3 Å². The summed E-state index contributed by atoms with van der Waals surface area (Å²) in [5.74, 6) is 0.0358. The number of anilines is 1. The molecule has 0 aliphatic carbocycles. The molecule has 5 nitrogen and oxygen atoms in total. The third-order valence-corrected chi connectivity index (χ3v) is 5.96. The van der Waals surface area contributed by atoms with E-state index in [1.807, 2.05) is 37.3 Å².